The summed E-state index contributed by atoms with van der Waals surface area (Å²) in [4.78, 5) is 2.08. The van der Waals surface area contributed by atoms with E-state index in [1.54, 1.807) is 0 Å². The molecule has 4 aromatic rings. The Morgan fingerprint density at radius 2 is 1.64 bits per heavy atom. The third kappa shape index (κ3) is 2.39. The number of halogens is 1. The highest BCUT2D eigenvalue weighted by atomic mass is 35.5. The second-order valence-electron chi connectivity index (χ2n) is 4.87. The average Bonchev–Trinajstić information content (AvgIpc) is 3.15. The highest BCUT2D eigenvalue weighted by Crippen LogP contribution is 2.41. The summed E-state index contributed by atoms with van der Waals surface area (Å²) in [5.74, 6) is 0.783. The fraction of sp³-hybridized carbons (Fsp3) is 0. The number of fused-ring (bicyclic) bond motifs is 1. The minimum Gasteiger partial charge on any atom is -0.440 e. The van der Waals surface area contributed by atoms with Crippen LogP contribution in [0.3, 0.4) is 0 Å². The van der Waals surface area contributed by atoms with Crippen LogP contribution in [0.2, 0.25) is 4.34 Å². The average molecular weight is 326 g/mol. The molecule has 0 aliphatic carbocycles. The van der Waals surface area contributed by atoms with Crippen molar-refractivity contribution in [2.45, 2.75) is 0 Å². The van der Waals surface area contributed by atoms with Crippen LogP contribution in [0.25, 0.3) is 11.0 Å². The third-order valence-electron chi connectivity index (χ3n) is 3.43. The first-order chi connectivity index (χ1) is 10.8. The predicted molar refractivity (Wildman–Crippen MR) is 93.8 cm³/mol. The highest BCUT2D eigenvalue weighted by Gasteiger charge is 2.18. The summed E-state index contributed by atoms with van der Waals surface area (Å²) in [5.41, 5.74) is 1.92. The van der Waals surface area contributed by atoms with E-state index >= 15 is 0 Å². The van der Waals surface area contributed by atoms with Gasteiger partial charge in [0.2, 0.25) is 5.88 Å². The van der Waals surface area contributed by atoms with Crippen molar-refractivity contribution in [2.75, 3.05) is 4.90 Å². The van der Waals surface area contributed by atoms with Gasteiger partial charge in [-0.15, -0.1) is 11.3 Å². The molecule has 2 nitrogen and oxygen atoms in total. The molecule has 22 heavy (non-hydrogen) atoms. The van der Waals surface area contributed by atoms with Gasteiger partial charge in [-0.05, 0) is 30.3 Å². The quantitative estimate of drug-likeness (QED) is 0.421. The lowest BCUT2D eigenvalue weighted by Gasteiger charge is -2.20. The van der Waals surface area contributed by atoms with E-state index in [4.69, 9.17) is 16.0 Å². The lowest BCUT2D eigenvalue weighted by molar-refractivity contribution is 0.621. The molecule has 4 heteroatoms. The van der Waals surface area contributed by atoms with Crippen molar-refractivity contribution in [1.82, 2.24) is 0 Å². The Balaban J connectivity index is 1.90. The van der Waals surface area contributed by atoms with Crippen LogP contribution in [0.15, 0.2) is 77.2 Å². The number of rotatable bonds is 3. The zero-order valence-corrected chi connectivity index (χ0v) is 13.1. The van der Waals surface area contributed by atoms with Gasteiger partial charge in [0.1, 0.15) is 10.6 Å². The number of hydrogen-bond donors (Lipinski definition) is 0. The number of nitrogens with zero attached hydrogens (tertiary/aromatic N) is 1. The van der Waals surface area contributed by atoms with Gasteiger partial charge in [0, 0.05) is 17.1 Å². The van der Waals surface area contributed by atoms with E-state index < -0.39 is 0 Å². The molecule has 2 aromatic carbocycles. The molecule has 2 aromatic heterocycles. The van der Waals surface area contributed by atoms with Crippen LogP contribution in [-0.4, -0.2) is 0 Å². The molecule has 0 aliphatic heterocycles. The number of para-hydroxylation sites is 2. The van der Waals surface area contributed by atoms with E-state index in [1.165, 1.54) is 11.3 Å². The Hall–Kier alpha value is -2.23. The first-order valence-corrected chi connectivity index (χ1v) is 8.10. The van der Waals surface area contributed by atoms with Gasteiger partial charge in [-0.25, -0.2) is 0 Å². The summed E-state index contributed by atoms with van der Waals surface area (Å²) >= 11 is 7.65. The third-order valence-corrected chi connectivity index (χ3v) is 4.64. The van der Waals surface area contributed by atoms with E-state index in [9.17, 15) is 0 Å². The summed E-state index contributed by atoms with van der Waals surface area (Å²) in [6, 6.07) is 24.1. The number of benzene rings is 2. The normalized spacial score (nSPS) is 11.0. The van der Waals surface area contributed by atoms with Gasteiger partial charge in [-0.2, -0.15) is 0 Å². The Kier molecular flexibility index (Phi) is 3.37. The zero-order valence-electron chi connectivity index (χ0n) is 11.6. The smallest absolute Gasteiger partial charge is 0.206 e. The second kappa shape index (κ2) is 5.52. The number of thiophene rings is 1. The van der Waals surface area contributed by atoms with Crippen LogP contribution in [0.1, 0.15) is 0 Å². The summed E-state index contributed by atoms with van der Waals surface area (Å²) in [7, 11) is 0. The van der Waals surface area contributed by atoms with Crippen LogP contribution < -0.4 is 4.90 Å². The zero-order chi connectivity index (χ0) is 14.9. The van der Waals surface area contributed by atoms with Crippen molar-refractivity contribution < 1.29 is 4.42 Å². The molecule has 0 unspecified atom stereocenters. The van der Waals surface area contributed by atoms with Crippen LogP contribution >= 0.6 is 22.9 Å². The molecule has 0 N–H and O–H groups in total. The van der Waals surface area contributed by atoms with E-state index in [1.807, 2.05) is 54.6 Å². The van der Waals surface area contributed by atoms with E-state index in [0.29, 0.717) is 0 Å². The summed E-state index contributed by atoms with van der Waals surface area (Å²) in [6.07, 6.45) is 0. The van der Waals surface area contributed by atoms with E-state index in [-0.39, 0.29) is 0 Å². The number of furan rings is 1. The van der Waals surface area contributed by atoms with Crippen LogP contribution in [-0.2, 0) is 0 Å². The molecule has 0 aliphatic rings. The van der Waals surface area contributed by atoms with Crippen LogP contribution in [0.5, 0.6) is 0 Å². The largest absolute Gasteiger partial charge is 0.440 e. The van der Waals surface area contributed by atoms with Crippen molar-refractivity contribution in [2.24, 2.45) is 0 Å². The van der Waals surface area contributed by atoms with Crippen LogP contribution in [0.4, 0.5) is 16.6 Å². The summed E-state index contributed by atoms with van der Waals surface area (Å²) < 4.78 is 6.79. The van der Waals surface area contributed by atoms with Crippen LogP contribution in [0, 0.1) is 0 Å². The number of anilines is 3. The Labute approximate surface area is 137 Å². The predicted octanol–water partition coefficient (Wildman–Crippen LogP) is 6.62. The van der Waals surface area contributed by atoms with E-state index in [0.717, 1.165) is 31.9 Å². The molecular formula is C18H12ClNOS. The first-order valence-electron chi connectivity index (χ1n) is 6.90. The van der Waals surface area contributed by atoms with Gasteiger partial charge in [-0.3, -0.25) is 4.90 Å². The molecule has 4 rings (SSSR count). The standard InChI is InChI=1S/C18H12ClNOS/c19-16-10-11-18(22-16)20(14-7-2-1-3-8-14)17-12-13-6-4-5-9-15(13)21-17/h1-12H. The van der Waals surface area contributed by atoms with Crippen molar-refractivity contribution in [3.05, 3.63) is 77.1 Å². The monoisotopic (exact) mass is 325 g/mol. The van der Waals surface area contributed by atoms with Gasteiger partial charge >= 0.3 is 0 Å². The number of hydrogen-bond acceptors (Lipinski definition) is 3. The Bertz CT molecular complexity index is 880. The van der Waals surface area contributed by atoms with Crippen molar-refractivity contribution in [3.63, 3.8) is 0 Å². The highest BCUT2D eigenvalue weighted by molar-refractivity contribution is 7.20. The molecule has 0 saturated carbocycles. The van der Waals surface area contributed by atoms with Crippen molar-refractivity contribution in [1.29, 1.82) is 0 Å². The van der Waals surface area contributed by atoms with Gasteiger partial charge < -0.3 is 4.42 Å². The summed E-state index contributed by atoms with van der Waals surface area (Å²) in [5, 5.41) is 2.11. The molecular weight excluding hydrogens is 314 g/mol. The molecule has 0 saturated heterocycles. The summed E-state index contributed by atoms with van der Waals surface area (Å²) in [6.45, 7) is 0. The molecule has 0 spiro atoms. The Morgan fingerprint density at radius 3 is 2.36 bits per heavy atom. The van der Waals surface area contributed by atoms with Crippen molar-refractivity contribution >= 4 is 50.5 Å². The van der Waals surface area contributed by atoms with Gasteiger partial charge in [0.05, 0.1) is 4.34 Å². The molecule has 0 radical (unpaired) electrons. The lowest BCUT2D eigenvalue weighted by atomic mass is 10.2. The SMILES string of the molecule is Clc1ccc(N(c2ccccc2)c2cc3ccccc3o2)s1. The fourth-order valence-corrected chi connectivity index (χ4v) is 3.50. The topological polar surface area (TPSA) is 16.4 Å². The molecule has 0 bridgehead atoms. The maximum Gasteiger partial charge on any atom is 0.206 e. The maximum atomic E-state index is 6.12. The van der Waals surface area contributed by atoms with Crippen molar-refractivity contribution in [3.8, 4) is 0 Å². The van der Waals surface area contributed by atoms with Gasteiger partial charge in [-0.1, -0.05) is 48.0 Å². The maximum absolute atomic E-state index is 6.12. The second-order valence-corrected chi connectivity index (χ2v) is 6.56. The molecule has 0 atom stereocenters. The molecule has 0 amide bonds. The minimum atomic E-state index is 0.757. The molecule has 2 heterocycles. The lowest BCUT2D eigenvalue weighted by Crippen LogP contribution is -2.06. The minimum absolute atomic E-state index is 0.757. The van der Waals surface area contributed by atoms with Gasteiger partial charge in [0.25, 0.3) is 0 Å². The Morgan fingerprint density at radius 1 is 0.864 bits per heavy atom. The first kappa shape index (κ1) is 13.4. The molecule has 108 valence electrons. The molecule has 0 fully saturated rings. The van der Waals surface area contributed by atoms with E-state index in [2.05, 4.69) is 23.1 Å². The van der Waals surface area contributed by atoms with Gasteiger partial charge in [0.15, 0.2) is 0 Å². The fourth-order valence-electron chi connectivity index (χ4n) is 2.44.